The van der Waals surface area contributed by atoms with Crippen LogP contribution >= 0.6 is 15.9 Å². The third-order valence-electron chi connectivity index (χ3n) is 2.89. The van der Waals surface area contributed by atoms with Gasteiger partial charge in [0.05, 0.1) is 6.54 Å². The second-order valence-electron chi connectivity index (χ2n) is 6.43. The number of halogens is 4. The molecule has 29 heavy (non-hydrogen) atoms. The average molecular weight is 507 g/mol. The van der Waals surface area contributed by atoms with E-state index < -0.39 is 57.9 Å². The van der Waals surface area contributed by atoms with Gasteiger partial charge in [-0.3, -0.25) is 0 Å². The van der Waals surface area contributed by atoms with Gasteiger partial charge in [0.25, 0.3) is 10.0 Å². The van der Waals surface area contributed by atoms with Gasteiger partial charge in [-0.05, 0) is 39.0 Å². The molecule has 0 aliphatic carbocycles. The second-order valence-corrected chi connectivity index (χ2v) is 9.17. The smallest absolute Gasteiger partial charge is 0.465 e. The number of hydrogen-bond donors (Lipinski definition) is 2. The summed E-state index contributed by atoms with van der Waals surface area (Å²) >= 11 is 2.91. The Hall–Kier alpha value is -2.22. The third kappa shape index (κ3) is 7.97. The number of carboxylic acid groups (broad SMARTS) is 1. The number of benzene rings is 1. The van der Waals surface area contributed by atoms with Crippen LogP contribution in [-0.2, 0) is 14.8 Å². The molecule has 2 N–H and O–H groups in total. The quantitative estimate of drug-likeness (QED) is 0.604. The van der Waals surface area contributed by atoms with Crippen molar-refractivity contribution in [3.8, 4) is 5.75 Å². The fourth-order valence-corrected chi connectivity index (χ4v) is 3.64. The van der Waals surface area contributed by atoms with Gasteiger partial charge in [0, 0.05) is 11.0 Å². The highest BCUT2D eigenvalue weighted by molar-refractivity contribution is 9.10. The highest BCUT2D eigenvalue weighted by Gasteiger charge is 2.38. The number of amides is 2. The Balaban J connectivity index is 3.42. The summed E-state index contributed by atoms with van der Waals surface area (Å²) in [7, 11) is -4.91. The minimum absolute atomic E-state index is 0.0899. The van der Waals surface area contributed by atoms with Crippen LogP contribution in [0.4, 0.5) is 22.8 Å². The van der Waals surface area contributed by atoms with E-state index in [0.717, 1.165) is 18.2 Å². The molecule has 9 nitrogen and oxygen atoms in total. The van der Waals surface area contributed by atoms with Crippen molar-refractivity contribution in [2.24, 2.45) is 0 Å². The van der Waals surface area contributed by atoms with E-state index >= 15 is 0 Å². The molecule has 0 fully saturated rings. The lowest BCUT2D eigenvalue weighted by atomic mass is 10.2. The zero-order chi connectivity index (χ0) is 22.6. The molecule has 0 bridgehead atoms. The van der Waals surface area contributed by atoms with Crippen LogP contribution in [0.2, 0.25) is 0 Å². The highest BCUT2D eigenvalue weighted by atomic mass is 79.9. The first-order chi connectivity index (χ1) is 13.0. The molecule has 1 aromatic rings. The van der Waals surface area contributed by atoms with Crippen molar-refractivity contribution >= 4 is 38.1 Å². The molecule has 164 valence electrons. The normalized spacial score (nSPS) is 12.2. The molecule has 0 aliphatic heterocycles. The summed E-state index contributed by atoms with van der Waals surface area (Å²) in [6.45, 7) is 3.08. The SMILES string of the molecule is CC(C)(C)OC(=O)N(CCNC(=O)O)S(=O)(=O)c1ccc(Br)cc1OC(F)(F)F. The zero-order valence-corrected chi connectivity index (χ0v) is 17.8. The van der Waals surface area contributed by atoms with Crippen molar-refractivity contribution < 1.29 is 45.8 Å². The summed E-state index contributed by atoms with van der Waals surface area (Å²) in [6, 6.07) is 2.71. The molecule has 0 saturated carbocycles. The van der Waals surface area contributed by atoms with E-state index in [0.29, 0.717) is 0 Å². The average Bonchev–Trinajstić information content (AvgIpc) is 2.47. The monoisotopic (exact) mass is 506 g/mol. The number of sulfonamides is 1. The van der Waals surface area contributed by atoms with Gasteiger partial charge in [0.15, 0.2) is 5.75 Å². The first kappa shape index (κ1) is 24.8. The van der Waals surface area contributed by atoms with E-state index in [1.54, 1.807) is 0 Å². The van der Waals surface area contributed by atoms with Crippen molar-refractivity contribution in [2.45, 2.75) is 37.6 Å². The highest BCUT2D eigenvalue weighted by Crippen LogP contribution is 2.34. The van der Waals surface area contributed by atoms with E-state index in [4.69, 9.17) is 9.84 Å². The first-order valence-corrected chi connectivity index (χ1v) is 10.0. The van der Waals surface area contributed by atoms with Crippen molar-refractivity contribution in [2.75, 3.05) is 13.1 Å². The van der Waals surface area contributed by atoms with Crippen LogP contribution in [0.15, 0.2) is 27.6 Å². The number of nitrogens with one attached hydrogen (secondary N) is 1. The fourth-order valence-electron chi connectivity index (χ4n) is 1.90. The fraction of sp³-hybridized carbons (Fsp3) is 0.467. The Bertz CT molecular complexity index is 870. The number of carbonyl (C=O) groups excluding carboxylic acids is 1. The minimum Gasteiger partial charge on any atom is -0.465 e. The summed E-state index contributed by atoms with van der Waals surface area (Å²) in [5.74, 6) is -1.08. The topological polar surface area (TPSA) is 122 Å². The van der Waals surface area contributed by atoms with Gasteiger partial charge < -0.3 is 19.9 Å². The van der Waals surface area contributed by atoms with Crippen LogP contribution in [0, 0.1) is 0 Å². The number of rotatable bonds is 6. The van der Waals surface area contributed by atoms with Crippen LogP contribution < -0.4 is 10.1 Å². The van der Waals surface area contributed by atoms with E-state index in [9.17, 15) is 31.2 Å². The molecule has 0 atom stereocenters. The molecule has 1 rings (SSSR count). The lowest BCUT2D eigenvalue weighted by Crippen LogP contribution is -2.44. The van der Waals surface area contributed by atoms with Crippen molar-refractivity contribution in [1.29, 1.82) is 0 Å². The van der Waals surface area contributed by atoms with E-state index in [2.05, 4.69) is 20.7 Å². The first-order valence-electron chi connectivity index (χ1n) is 7.81. The number of alkyl halides is 3. The Morgan fingerprint density at radius 3 is 2.31 bits per heavy atom. The number of ether oxygens (including phenoxy) is 2. The van der Waals surface area contributed by atoms with E-state index in [1.165, 1.54) is 20.8 Å². The number of hydrogen-bond acceptors (Lipinski definition) is 6. The maximum atomic E-state index is 12.9. The Morgan fingerprint density at radius 1 is 1.24 bits per heavy atom. The summed E-state index contributed by atoms with van der Waals surface area (Å²) < 4.78 is 73.0. The number of nitrogens with zero attached hydrogens (tertiary/aromatic N) is 1. The largest absolute Gasteiger partial charge is 0.573 e. The van der Waals surface area contributed by atoms with Gasteiger partial charge in [-0.15, -0.1) is 13.2 Å². The summed E-state index contributed by atoms with van der Waals surface area (Å²) in [6.07, 6.45) is -8.09. The van der Waals surface area contributed by atoms with Gasteiger partial charge in [-0.25, -0.2) is 18.0 Å². The number of carbonyl (C=O) groups is 2. The lowest BCUT2D eigenvalue weighted by Gasteiger charge is -2.27. The molecule has 0 spiro atoms. The summed E-state index contributed by atoms with van der Waals surface area (Å²) in [5, 5.41) is 10.5. The Kier molecular flexibility index (Phi) is 7.76. The van der Waals surface area contributed by atoms with E-state index in [-0.39, 0.29) is 8.78 Å². The molecular formula is C15H18BrF3N2O7S. The molecule has 1 aromatic carbocycles. The predicted octanol–water partition coefficient (Wildman–Crippen LogP) is 3.54. The predicted molar refractivity (Wildman–Crippen MR) is 97.0 cm³/mol. The second kappa shape index (κ2) is 9.07. The van der Waals surface area contributed by atoms with Crippen molar-refractivity contribution in [3.63, 3.8) is 0 Å². The van der Waals surface area contributed by atoms with Crippen LogP contribution in [0.25, 0.3) is 0 Å². The molecule has 0 unspecified atom stereocenters. The Labute approximate surface area is 172 Å². The zero-order valence-electron chi connectivity index (χ0n) is 15.4. The molecule has 0 aliphatic rings. The molecule has 14 heteroatoms. The van der Waals surface area contributed by atoms with Gasteiger partial charge in [-0.2, -0.15) is 4.31 Å². The maximum absolute atomic E-state index is 12.9. The van der Waals surface area contributed by atoms with Gasteiger partial charge in [0.2, 0.25) is 0 Å². The molecular weight excluding hydrogens is 489 g/mol. The van der Waals surface area contributed by atoms with Crippen molar-refractivity contribution in [1.82, 2.24) is 9.62 Å². The molecule has 0 radical (unpaired) electrons. The lowest BCUT2D eigenvalue weighted by molar-refractivity contribution is -0.275. The van der Waals surface area contributed by atoms with Crippen LogP contribution in [-0.4, -0.2) is 55.1 Å². The third-order valence-corrected chi connectivity index (χ3v) is 5.19. The molecule has 0 aromatic heterocycles. The van der Waals surface area contributed by atoms with Gasteiger partial charge in [0.1, 0.15) is 10.5 Å². The Morgan fingerprint density at radius 2 is 1.83 bits per heavy atom. The van der Waals surface area contributed by atoms with E-state index in [1.807, 2.05) is 5.32 Å². The van der Waals surface area contributed by atoms with Gasteiger partial charge >= 0.3 is 18.5 Å². The van der Waals surface area contributed by atoms with Crippen molar-refractivity contribution in [3.05, 3.63) is 22.7 Å². The van der Waals surface area contributed by atoms with Crippen LogP contribution in [0.1, 0.15) is 20.8 Å². The molecule has 0 saturated heterocycles. The summed E-state index contributed by atoms with van der Waals surface area (Å²) in [5.41, 5.74) is -1.13. The van der Waals surface area contributed by atoms with Crippen LogP contribution in [0.3, 0.4) is 0 Å². The molecule has 2 amide bonds. The minimum atomic E-state index is -5.20. The van der Waals surface area contributed by atoms with Gasteiger partial charge in [-0.1, -0.05) is 15.9 Å². The summed E-state index contributed by atoms with van der Waals surface area (Å²) in [4.78, 5) is 22.0. The molecule has 0 heterocycles. The standard InChI is InChI=1S/C15H18BrF3N2O7S/c1-14(2,3)28-13(24)21(7-6-20-12(22)23)29(25,26)11-5-4-9(16)8-10(11)27-15(17,18)19/h4-5,8,20H,6-7H2,1-3H3,(H,22,23). The maximum Gasteiger partial charge on any atom is 0.573 e. The van der Waals surface area contributed by atoms with Crippen LogP contribution in [0.5, 0.6) is 5.75 Å².